The molecule has 0 amide bonds. The second-order valence-electron chi connectivity index (χ2n) is 5.93. The Balaban J connectivity index is 2.10. The van der Waals surface area contributed by atoms with Gasteiger partial charge >= 0.3 is 0 Å². The second-order valence-corrected chi connectivity index (χ2v) is 7.41. The van der Waals surface area contributed by atoms with Gasteiger partial charge in [-0.2, -0.15) is 0 Å². The van der Waals surface area contributed by atoms with Gasteiger partial charge in [0.15, 0.2) is 0 Å². The zero-order chi connectivity index (χ0) is 14.3. The standard InChI is InChI=1S/C14H29NO3S/c1-11-5-4-6-14(7-11)18-9-13(16)8-15-12(2)10-19(3)17/h11-16H,4-10H2,1-3H3. The number of ether oxygens (including phenoxy) is 1. The third-order valence-corrected chi connectivity index (χ3v) is 4.57. The van der Waals surface area contributed by atoms with E-state index < -0.39 is 16.9 Å². The maximum atomic E-state index is 11.0. The highest BCUT2D eigenvalue weighted by Crippen LogP contribution is 2.25. The fourth-order valence-corrected chi connectivity index (χ4v) is 3.41. The van der Waals surface area contributed by atoms with Crippen LogP contribution in [-0.4, -0.2) is 52.7 Å². The SMILES string of the molecule is CC1CCCC(OCC(O)CNC(C)CS(C)=O)C1. The Hall–Kier alpha value is 0.0300. The molecule has 1 saturated carbocycles. The molecule has 0 bridgehead atoms. The smallest absolute Gasteiger partial charge is 0.0897 e. The molecule has 0 saturated heterocycles. The molecule has 0 spiro atoms. The largest absolute Gasteiger partial charge is 0.389 e. The first-order valence-corrected chi connectivity index (χ1v) is 9.03. The molecule has 1 rings (SSSR count). The number of nitrogens with one attached hydrogen (secondary N) is 1. The Morgan fingerprint density at radius 1 is 1.47 bits per heavy atom. The molecule has 19 heavy (non-hydrogen) atoms. The highest BCUT2D eigenvalue weighted by molar-refractivity contribution is 7.84. The van der Waals surface area contributed by atoms with Crippen molar-refractivity contribution in [2.45, 2.75) is 57.8 Å². The summed E-state index contributed by atoms with van der Waals surface area (Å²) in [6, 6.07) is 0.162. The summed E-state index contributed by atoms with van der Waals surface area (Å²) in [5.74, 6) is 1.36. The molecule has 2 N–H and O–H groups in total. The van der Waals surface area contributed by atoms with Crippen molar-refractivity contribution in [3.05, 3.63) is 0 Å². The molecule has 1 aliphatic rings. The van der Waals surface area contributed by atoms with Crippen molar-refractivity contribution in [1.82, 2.24) is 5.32 Å². The first-order chi connectivity index (χ1) is 8.97. The van der Waals surface area contributed by atoms with Gasteiger partial charge in [-0.15, -0.1) is 0 Å². The molecule has 114 valence electrons. The lowest BCUT2D eigenvalue weighted by atomic mass is 9.89. The summed E-state index contributed by atoms with van der Waals surface area (Å²) in [4.78, 5) is 0. The van der Waals surface area contributed by atoms with Gasteiger partial charge in [0, 0.05) is 35.4 Å². The van der Waals surface area contributed by atoms with E-state index in [0.29, 0.717) is 25.0 Å². The zero-order valence-electron chi connectivity index (χ0n) is 12.4. The molecule has 0 aromatic heterocycles. The summed E-state index contributed by atoms with van der Waals surface area (Å²) < 4.78 is 16.8. The summed E-state index contributed by atoms with van der Waals surface area (Å²) in [5.41, 5.74) is 0. The van der Waals surface area contributed by atoms with Crippen LogP contribution in [0, 0.1) is 5.92 Å². The van der Waals surface area contributed by atoms with Crippen molar-refractivity contribution in [3.8, 4) is 0 Å². The molecule has 5 atom stereocenters. The van der Waals surface area contributed by atoms with E-state index in [0.717, 1.165) is 18.8 Å². The molecular weight excluding hydrogens is 262 g/mol. The lowest BCUT2D eigenvalue weighted by molar-refractivity contribution is -0.0309. The predicted octanol–water partition coefficient (Wildman–Crippen LogP) is 1.30. The van der Waals surface area contributed by atoms with E-state index in [1.165, 1.54) is 12.8 Å². The van der Waals surface area contributed by atoms with Crippen LogP contribution in [0.15, 0.2) is 0 Å². The van der Waals surface area contributed by atoms with E-state index in [1.54, 1.807) is 6.26 Å². The van der Waals surface area contributed by atoms with Gasteiger partial charge in [-0.3, -0.25) is 4.21 Å². The molecule has 1 fully saturated rings. The summed E-state index contributed by atoms with van der Waals surface area (Å²) in [7, 11) is -0.797. The molecule has 5 heteroatoms. The van der Waals surface area contributed by atoms with Crippen molar-refractivity contribution in [2.75, 3.05) is 25.2 Å². The lowest BCUT2D eigenvalue weighted by Crippen LogP contribution is -2.39. The Labute approximate surface area is 119 Å². The minimum atomic E-state index is -0.797. The van der Waals surface area contributed by atoms with Crippen LogP contribution in [0.3, 0.4) is 0 Å². The van der Waals surface area contributed by atoms with E-state index in [2.05, 4.69) is 12.2 Å². The fourth-order valence-electron chi connectivity index (χ4n) is 2.58. The van der Waals surface area contributed by atoms with Gasteiger partial charge in [-0.1, -0.05) is 19.8 Å². The third kappa shape index (κ3) is 8.02. The average Bonchev–Trinajstić information content (AvgIpc) is 2.33. The minimum Gasteiger partial charge on any atom is -0.389 e. The van der Waals surface area contributed by atoms with Crippen LogP contribution in [0.25, 0.3) is 0 Å². The maximum Gasteiger partial charge on any atom is 0.0897 e. The topological polar surface area (TPSA) is 58.6 Å². The first-order valence-electron chi connectivity index (χ1n) is 7.30. The molecule has 1 aliphatic carbocycles. The fraction of sp³-hybridized carbons (Fsp3) is 1.00. The quantitative estimate of drug-likeness (QED) is 0.708. The first kappa shape index (κ1) is 17.1. The zero-order valence-corrected chi connectivity index (χ0v) is 13.2. The minimum absolute atomic E-state index is 0.162. The van der Waals surface area contributed by atoms with Crippen molar-refractivity contribution in [3.63, 3.8) is 0 Å². The highest BCUT2D eigenvalue weighted by atomic mass is 32.2. The Bertz CT molecular complexity index is 275. The lowest BCUT2D eigenvalue weighted by Gasteiger charge is -2.27. The predicted molar refractivity (Wildman–Crippen MR) is 79.8 cm³/mol. The molecule has 0 heterocycles. The average molecular weight is 291 g/mol. The van der Waals surface area contributed by atoms with Gasteiger partial charge in [0.1, 0.15) is 0 Å². The van der Waals surface area contributed by atoms with Crippen LogP contribution in [0.4, 0.5) is 0 Å². The Morgan fingerprint density at radius 3 is 2.84 bits per heavy atom. The number of hydrogen-bond donors (Lipinski definition) is 2. The molecule has 5 unspecified atom stereocenters. The second kappa shape index (κ2) is 9.06. The summed E-state index contributed by atoms with van der Waals surface area (Å²) in [5, 5.41) is 13.1. The molecule has 0 aromatic carbocycles. The number of aliphatic hydroxyl groups excluding tert-OH is 1. The van der Waals surface area contributed by atoms with E-state index in [-0.39, 0.29) is 6.04 Å². The van der Waals surface area contributed by atoms with Gasteiger partial charge < -0.3 is 15.2 Å². The molecule has 0 radical (unpaired) electrons. The van der Waals surface area contributed by atoms with E-state index >= 15 is 0 Å². The van der Waals surface area contributed by atoms with Crippen LogP contribution >= 0.6 is 0 Å². The van der Waals surface area contributed by atoms with Crippen molar-refractivity contribution in [2.24, 2.45) is 5.92 Å². The maximum absolute atomic E-state index is 11.0. The Morgan fingerprint density at radius 2 is 2.21 bits per heavy atom. The van der Waals surface area contributed by atoms with Crippen LogP contribution in [0.5, 0.6) is 0 Å². The third-order valence-electron chi connectivity index (χ3n) is 3.60. The van der Waals surface area contributed by atoms with Crippen LogP contribution in [0.2, 0.25) is 0 Å². The molecule has 0 aromatic rings. The highest BCUT2D eigenvalue weighted by Gasteiger charge is 2.20. The van der Waals surface area contributed by atoms with Crippen molar-refractivity contribution in [1.29, 1.82) is 0 Å². The van der Waals surface area contributed by atoms with E-state index in [1.807, 2.05) is 6.92 Å². The normalized spacial score (nSPS) is 28.8. The van der Waals surface area contributed by atoms with Crippen molar-refractivity contribution < 1.29 is 14.1 Å². The van der Waals surface area contributed by atoms with Gasteiger partial charge in [0.05, 0.1) is 18.8 Å². The number of hydrogen-bond acceptors (Lipinski definition) is 4. The summed E-state index contributed by atoms with van der Waals surface area (Å²) in [6.07, 6.45) is 6.31. The van der Waals surface area contributed by atoms with E-state index in [4.69, 9.17) is 4.74 Å². The van der Waals surface area contributed by atoms with Crippen molar-refractivity contribution >= 4 is 10.8 Å². The van der Waals surface area contributed by atoms with Gasteiger partial charge in [0.25, 0.3) is 0 Å². The van der Waals surface area contributed by atoms with Gasteiger partial charge in [-0.05, 0) is 25.7 Å². The van der Waals surface area contributed by atoms with Crippen LogP contribution in [-0.2, 0) is 15.5 Å². The van der Waals surface area contributed by atoms with Crippen LogP contribution in [0.1, 0.15) is 39.5 Å². The molecule has 4 nitrogen and oxygen atoms in total. The van der Waals surface area contributed by atoms with E-state index in [9.17, 15) is 9.32 Å². The molecule has 0 aliphatic heterocycles. The van der Waals surface area contributed by atoms with Gasteiger partial charge in [-0.25, -0.2) is 0 Å². The molecular formula is C14H29NO3S. The monoisotopic (exact) mass is 291 g/mol. The summed E-state index contributed by atoms with van der Waals surface area (Å²) >= 11 is 0. The Kier molecular flexibility index (Phi) is 8.14. The van der Waals surface area contributed by atoms with Crippen LogP contribution < -0.4 is 5.32 Å². The summed E-state index contributed by atoms with van der Waals surface area (Å²) in [6.45, 7) is 5.14. The number of aliphatic hydroxyl groups is 1. The van der Waals surface area contributed by atoms with Gasteiger partial charge in [0.2, 0.25) is 0 Å². The number of rotatable bonds is 8.